The van der Waals surface area contributed by atoms with E-state index in [-0.39, 0.29) is 0 Å². The van der Waals surface area contributed by atoms with Gasteiger partial charge in [0.05, 0.1) is 0 Å². The maximum absolute atomic E-state index is 2.63. The molecule has 0 aromatic heterocycles. The van der Waals surface area contributed by atoms with Crippen LogP contribution in [-0.2, 0) is 0 Å². The molecule has 0 fully saturated rings. The van der Waals surface area contributed by atoms with Crippen molar-refractivity contribution in [3.8, 4) is 0 Å². The van der Waals surface area contributed by atoms with Gasteiger partial charge in [-0.3, -0.25) is 0 Å². The molecule has 0 N–H and O–H groups in total. The Labute approximate surface area is 87.7 Å². The second-order valence-electron chi connectivity index (χ2n) is 5.07. The summed E-state index contributed by atoms with van der Waals surface area (Å²) in [7, 11) is 0. The Morgan fingerprint density at radius 3 is 2.38 bits per heavy atom. The Morgan fingerprint density at radius 1 is 1.23 bits per heavy atom. The fraction of sp³-hybridized carbons (Fsp3) is 0.833. The molecule has 1 unspecified atom stereocenters. The van der Waals surface area contributed by atoms with Crippen molar-refractivity contribution in [1.29, 1.82) is 0 Å². The van der Waals surface area contributed by atoms with Gasteiger partial charge in [-0.05, 0) is 0 Å². The first kappa shape index (κ1) is 11.6. The molecule has 0 aromatic rings. The standard InChI is InChI=1S/C6H13.C4H5.2CH3.Sn/c1-3-5-6-4-2;1-2-4-3-1;;;/h1,3-6H2,2H3;1-3H,4H2;2*1H3;. The maximum atomic E-state index is 2.63. The fourth-order valence-corrected chi connectivity index (χ4v) is 10.5. The summed E-state index contributed by atoms with van der Waals surface area (Å²) in [6.07, 6.45) is 12.1. The van der Waals surface area contributed by atoms with Crippen LogP contribution in [0.3, 0.4) is 0 Å². The van der Waals surface area contributed by atoms with Crippen molar-refractivity contribution in [3.63, 3.8) is 0 Å². The summed E-state index contributed by atoms with van der Waals surface area (Å²) >= 11 is -1.58. The molecule has 0 heterocycles. The van der Waals surface area contributed by atoms with Crippen LogP contribution in [0.4, 0.5) is 0 Å². The number of rotatable bonds is 6. The van der Waals surface area contributed by atoms with Gasteiger partial charge in [0.25, 0.3) is 0 Å². The summed E-state index contributed by atoms with van der Waals surface area (Å²) < 4.78 is 2.69. The van der Waals surface area contributed by atoms with Crippen LogP contribution >= 0.6 is 0 Å². The monoisotopic (exact) mass is 288 g/mol. The molecule has 0 aromatic carbocycles. The van der Waals surface area contributed by atoms with E-state index in [1.165, 1.54) is 32.1 Å². The Hall–Kier alpha value is 0.539. The first-order chi connectivity index (χ1) is 6.17. The van der Waals surface area contributed by atoms with Crippen molar-refractivity contribution in [2.24, 2.45) is 0 Å². The van der Waals surface area contributed by atoms with Crippen molar-refractivity contribution in [2.75, 3.05) is 0 Å². The molecule has 0 spiro atoms. The van der Waals surface area contributed by atoms with Gasteiger partial charge < -0.3 is 0 Å². The van der Waals surface area contributed by atoms with Crippen LogP contribution in [0.2, 0.25) is 18.2 Å². The molecule has 76 valence electrons. The van der Waals surface area contributed by atoms with E-state index in [1.54, 1.807) is 4.44 Å². The van der Waals surface area contributed by atoms with E-state index >= 15 is 0 Å². The van der Waals surface area contributed by atoms with Crippen molar-refractivity contribution in [2.45, 2.75) is 57.3 Å². The third-order valence-corrected chi connectivity index (χ3v) is 15.1. The molecule has 0 nitrogen and oxygen atoms in total. The van der Waals surface area contributed by atoms with Gasteiger partial charge in [0.2, 0.25) is 0 Å². The third kappa shape index (κ3) is 3.65. The predicted molar refractivity (Wildman–Crippen MR) is 63.9 cm³/mol. The second-order valence-corrected chi connectivity index (χ2v) is 20.0. The van der Waals surface area contributed by atoms with E-state index in [1.807, 2.05) is 0 Å². The van der Waals surface area contributed by atoms with E-state index in [9.17, 15) is 0 Å². The SMILES string of the molecule is CCCCC[CH2][Sn]([CH3])([CH3])[CH]1C=CC1. The summed E-state index contributed by atoms with van der Waals surface area (Å²) in [6.45, 7) is 2.29. The van der Waals surface area contributed by atoms with Crippen LogP contribution < -0.4 is 0 Å². The molecule has 1 heteroatoms. The van der Waals surface area contributed by atoms with Gasteiger partial charge in [0.15, 0.2) is 0 Å². The molecule has 1 aliphatic rings. The topological polar surface area (TPSA) is 0 Å². The molecule has 0 aliphatic heterocycles. The minimum atomic E-state index is -1.58. The summed E-state index contributed by atoms with van der Waals surface area (Å²) in [5, 5.41) is 0. The number of hydrogen-bond donors (Lipinski definition) is 0. The van der Waals surface area contributed by atoms with Crippen LogP contribution in [0.1, 0.15) is 39.0 Å². The Kier molecular flexibility index (Phi) is 4.85. The van der Waals surface area contributed by atoms with Gasteiger partial charge in [0, 0.05) is 0 Å². The van der Waals surface area contributed by atoms with Gasteiger partial charge in [0.1, 0.15) is 0 Å². The van der Waals surface area contributed by atoms with E-state index in [0.717, 1.165) is 3.93 Å². The average molecular weight is 287 g/mol. The second kappa shape index (κ2) is 5.43. The molecule has 0 amide bonds. The first-order valence-electron chi connectivity index (χ1n) is 5.83. The summed E-state index contributed by atoms with van der Waals surface area (Å²) in [6, 6.07) is 0. The van der Waals surface area contributed by atoms with Gasteiger partial charge >= 0.3 is 87.8 Å². The molecule has 1 rings (SSSR count). The third-order valence-electron chi connectivity index (χ3n) is 3.44. The molecule has 1 atom stereocenters. The molecule has 0 saturated heterocycles. The van der Waals surface area contributed by atoms with E-state index in [4.69, 9.17) is 0 Å². The quantitative estimate of drug-likeness (QED) is 0.380. The van der Waals surface area contributed by atoms with Gasteiger partial charge in [-0.15, -0.1) is 0 Å². The first-order valence-corrected chi connectivity index (χ1v) is 15.2. The van der Waals surface area contributed by atoms with Crippen molar-refractivity contribution in [1.82, 2.24) is 0 Å². The van der Waals surface area contributed by atoms with Crippen LogP contribution in [0.25, 0.3) is 0 Å². The van der Waals surface area contributed by atoms with E-state index in [2.05, 4.69) is 29.0 Å². The van der Waals surface area contributed by atoms with Gasteiger partial charge in [-0.2, -0.15) is 0 Å². The summed E-state index contributed by atoms with van der Waals surface area (Å²) in [5.74, 6) is 0. The molecule has 0 radical (unpaired) electrons. The fourth-order valence-electron chi connectivity index (χ4n) is 2.04. The van der Waals surface area contributed by atoms with Gasteiger partial charge in [-0.1, -0.05) is 0 Å². The number of allylic oxidation sites excluding steroid dienone is 2. The molecule has 0 bridgehead atoms. The van der Waals surface area contributed by atoms with Crippen molar-refractivity contribution < 1.29 is 0 Å². The van der Waals surface area contributed by atoms with Crippen LogP contribution in [0.5, 0.6) is 0 Å². The summed E-state index contributed by atoms with van der Waals surface area (Å²) in [5.41, 5.74) is 0. The number of unbranched alkanes of at least 4 members (excludes halogenated alkanes) is 3. The molecular weight excluding hydrogens is 263 g/mol. The minimum absolute atomic E-state index is 1.08. The Balaban J connectivity index is 2.14. The van der Waals surface area contributed by atoms with Crippen LogP contribution in [0, 0.1) is 0 Å². The van der Waals surface area contributed by atoms with Gasteiger partial charge in [-0.25, -0.2) is 0 Å². The van der Waals surface area contributed by atoms with Crippen molar-refractivity contribution in [3.05, 3.63) is 12.2 Å². The predicted octanol–water partition coefficient (Wildman–Crippen LogP) is 4.61. The Bertz CT molecular complexity index is 170. The molecule has 0 saturated carbocycles. The van der Waals surface area contributed by atoms with Crippen molar-refractivity contribution >= 4 is 18.4 Å². The van der Waals surface area contributed by atoms with Crippen LogP contribution in [0.15, 0.2) is 12.2 Å². The zero-order valence-electron chi connectivity index (χ0n) is 9.47. The Morgan fingerprint density at radius 2 is 1.92 bits per heavy atom. The zero-order chi connectivity index (χ0) is 9.73. The van der Waals surface area contributed by atoms with E-state index in [0.29, 0.717) is 0 Å². The molecular formula is C12H24Sn. The van der Waals surface area contributed by atoms with Crippen LogP contribution in [-0.4, -0.2) is 18.4 Å². The summed E-state index contributed by atoms with van der Waals surface area (Å²) in [4.78, 5) is 5.27. The normalized spacial score (nSPS) is 21.6. The zero-order valence-corrected chi connectivity index (χ0v) is 12.3. The number of hydrogen-bond acceptors (Lipinski definition) is 0. The molecule has 1 aliphatic carbocycles. The van der Waals surface area contributed by atoms with E-state index < -0.39 is 18.4 Å². The average Bonchev–Trinajstić information content (AvgIpc) is 1.93. The molecule has 13 heavy (non-hydrogen) atoms.